The van der Waals surface area contributed by atoms with E-state index >= 15 is 0 Å². The molecule has 2 aromatic carbocycles. The number of aliphatic carboxylic acids is 1. The maximum atomic E-state index is 10.2. The van der Waals surface area contributed by atoms with Crippen LogP contribution in [0.25, 0.3) is 6.08 Å². The fraction of sp³-hybridized carbons (Fsp3) is 0.105. The largest absolute Gasteiger partial charge is 0.478 e. The van der Waals surface area contributed by atoms with Gasteiger partial charge in [-0.2, -0.15) is 0 Å². The number of carboxylic acids is 1. The lowest BCUT2D eigenvalue weighted by atomic mass is 10.2. The zero-order chi connectivity index (χ0) is 18.4. The summed E-state index contributed by atoms with van der Waals surface area (Å²) in [5.74, 6) is 1.99. The van der Waals surface area contributed by atoms with Crippen molar-refractivity contribution in [3.05, 3.63) is 60.2 Å². The van der Waals surface area contributed by atoms with Crippen molar-refractivity contribution in [1.82, 2.24) is 0 Å². The lowest BCUT2D eigenvalue weighted by molar-refractivity contribution is -0.131. The van der Waals surface area contributed by atoms with Crippen LogP contribution in [0.3, 0.4) is 0 Å². The average molecular weight is 355 g/mol. The molecule has 0 saturated heterocycles. The summed E-state index contributed by atoms with van der Waals surface area (Å²) >= 11 is 0. The van der Waals surface area contributed by atoms with E-state index in [9.17, 15) is 4.79 Å². The summed E-state index contributed by atoms with van der Waals surface area (Å²) in [6.07, 6.45) is 5.99. The first-order valence-electron chi connectivity index (χ1n) is 7.74. The van der Waals surface area contributed by atoms with Gasteiger partial charge in [0.1, 0.15) is 0 Å². The molecule has 2 aliphatic heterocycles. The Morgan fingerprint density at radius 1 is 0.885 bits per heavy atom. The molecular formula is C19H17NO6. The molecule has 0 unspecified atom stereocenters. The molecule has 3 N–H and O–H groups in total. The zero-order valence-corrected chi connectivity index (χ0v) is 13.8. The van der Waals surface area contributed by atoms with E-state index in [-0.39, 0.29) is 6.79 Å². The molecule has 0 atom stereocenters. The third-order valence-electron chi connectivity index (χ3n) is 3.43. The third kappa shape index (κ3) is 4.47. The minimum absolute atomic E-state index is 0.251. The van der Waals surface area contributed by atoms with Crippen molar-refractivity contribution in [2.24, 2.45) is 0 Å². The second kappa shape index (κ2) is 7.98. The van der Waals surface area contributed by atoms with Crippen molar-refractivity contribution in [3.63, 3.8) is 0 Å². The molecule has 0 spiro atoms. The van der Waals surface area contributed by atoms with Crippen molar-refractivity contribution in [3.8, 4) is 23.0 Å². The number of fused-ring (bicyclic) bond motifs is 2. The van der Waals surface area contributed by atoms with E-state index in [4.69, 9.17) is 29.8 Å². The Morgan fingerprint density at radius 3 is 2.19 bits per heavy atom. The van der Waals surface area contributed by atoms with Crippen LogP contribution in [0.4, 0.5) is 5.69 Å². The van der Waals surface area contributed by atoms with Gasteiger partial charge in [0, 0.05) is 17.8 Å². The molecule has 2 aromatic rings. The summed E-state index contributed by atoms with van der Waals surface area (Å²) in [6.45, 7) is 0.556. The van der Waals surface area contributed by atoms with Crippen molar-refractivity contribution < 1.29 is 28.8 Å². The quantitative estimate of drug-likeness (QED) is 0.496. The van der Waals surface area contributed by atoms with E-state index in [1.54, 1.807) is 30.4 Å². The maximum absolute atomic E-state index is 10.2. The number of anilines is 1. The summed E-state index contributed by atoms with van der Waals surface area (Å²) in [5.41, 5.74) is 7.12. The lowest BCUT2D eigenvalue weighted by Gasteiger charge is -1.96. The van der Waals surface area contributed by atoms with Gasteiger partial charge >= 0.3 is 5.97 Å². The molecule has 7 nitrogen and oxygen atoms in total. The van der Waals surface area contributed by atoms with Gasteiger partial charge in [0.15, 0.2) is 23.0 Å². The van der Waals surface area contributed by atoms with Crippen molar-refractivity contribution in [1.29, 1.82) is 0 Å². The minimum atomic E-state index is -0.963. The van der Waals surface area contributed by atoms with E-state index in [0.29, 0.717) is 18.2 Å². The molecule has 4 rings (SSSR count). The number of carboxylic acid groups (broad SMARTS) is 1. The summed E-state index contributed by atoms with van der Waals surface area (Å²) < 4.78 is 20.5. The van der Waals surface area contributed by atoms with Crippen molar-refractivity contribution in [2.75, 3.05) is 19.3 Å². The Balaban J connectivity index is 0.000000167. The molecule has 0 fully saturated rings. The normalized spacial score (nSPS) is 13.7. The highest BCUT2D eigenvalue weighted by Crippen LogP contribution is 2.33. The van der Waals surface area contributed by atoms with Crippen LogP contribution in [0.5, 0.6) is 23.0 Å². The van der Waals surface area contributed by atoms with Crippen LogP contribution in [0.1, 0.15) is 5.56 Å². The molecule has 0 saturated carbocycles. The first kappa shape index (κ1) is 17.2. The van der Waals surface area contributed by atoms with E-state index < -0.39 is 5.97 Å². The molecular weight excluding hydrogens is 338 g/mol. The van der Waals surface area contributed by atoms with Gasteiger partial charge in [0.2, 0.25) is 13.6 Å². The Kier molecular flexibility index (Phi) is 5.28. The van der Waals surface area contributed by atoms with Crippen LogP contribution < -0.4 is 24.7 Å². The Morgan fingerprint density at radius 2 is 1.50 bits per heavy atom. The fourth-order valence-electron chi connectivity index (χ4n) is 2.23. The van der Waals surface area contributed by atoms with Gasteiger partial charge in [0.05, 0.1) is 0 Å². The van der Waals surface area contributed by atoms with Gasteiger partial charge in [0.25, 0.3) is 0 Å². The van der Waals surface area contributed by atoms with Crippen LogP contribution in [0.2, 0.25) is 0 Å². The maximum Gasteiger partial charge on any atom is 0.328 e. The SMILES string of the molecule is Nc1ccc2c(c1)OCO2.O=C(O)/C=C/C=C\c1ccc2c(c1)OCO2. The summed E-state index contributed by atoms with van der Waals surface area (Å²) in [6, 6.07) is 10.9. The number of hydrogen-bond donors (Lipinski definition) is 2. The highest BCUT2D eigenvalue weighted by Gasteiger charge is 2.12. The summed E-state index contributed by atoms with van der Waals surface area (Å²) in [7, 11) is 0. The number of rotatable bonds is 3. The highest BCUT2D eigenvalue weighted by molar-refractivity contribution is 5.80. The Bertz CT molecular complexity index is 859. The van der Waals surface area contributed by atoms with E-state index in [2.05, 4.69) is 0 Å². The van der Waals surface area contributed by atoms with Crippen molar-refractivity contribution >= 4 is 17.7 Å². The zero-order valence-electron chi connectivity index (χ0n) is 13.8. The minimum Gasteiger partial charge on any atom is -0.478 e. The average Bonchev–Trinajstić information content (AvgIpc) is 3.27. The lowest BCUT2D eigenvalue weighted by Crippen LogP contribution is -1.92. The molecule has 0 aromatic heterocycles. The molecule has 26 heavy (non-hydrogen) atoms. The predicted octanol–water partition coefficient (Wildman–Crippen LogP) is 3.07. The molecule has 2 aliphatic rings. The summed E-state index contributed by atoms with van der Waals surface area (Å²) in [5, 5.41) is 8.38. The molecule has 134 valence electrons. The van der Waals surface area contributed by atoms with Crippen LogP contribution in [0, 0.1) is 0 Å². The molecule has 2 heterocycles. The summed E-state index contributed by atoms with van der Waals surface area (Å²) in [4.78, 5) is 10.2. The Labute approximate surface area is 149 Å². The van der Waals surface area contributed by atoms with Gasteiger partial charge < -0.3 is 29.8 Å². The van der Waals surface area contributed by atoms with E-state index in [1.807, 2.05) is 18.2 Å². The number of benzene rings is 2. The molecule has 7 heteroatoms. The second-order valence-corrected chi connectivity index (χ2v) is 5.28. The van der Waals surface area contributed by atoms with Crippen LogP contribution in [-0.4, -0.2) is 24.7 Å². The standard InChI is InChI=1S/C12H10O4.C7H7NO2/c13-12(14)4-2-1-3-9-5-6-10-11(7-9)16-8-15-10;8-5-1-2-6-7(3-5)10-4-9-6/h1-7H,8H2,(H,13,14);1-3H,4,8H2/b3-1-,4-2+;. The third-order valence-corrected chi connectivity index (χ3v) is 3.43. The van der Waals surface area contributed by atoms with Crippen LogP contribution in [0.15, 0.2) is 54.6 Å². The fourth-order valence-corrected chi connectivity index (χ4v) is 2.23. The number of carbonyl (C=O) groups is 1. The number of nitrogens with two attached hydrogens (primary N) is 1. The number of allylic oxidation sites excluding steroid dienone is 2. The number of ether oxygens (including phenoxy) is 4. The first-order chi connectivity index (χ1) is 12.6. The van der Waals surface area contributed by atoms with Gasteiger partial charge in [-0.1, -0.05) is 24.3 Å². The van der Waals surface area contributed by atoms with E-state index in [0.717, 1.165) is 28.9 Å². The van der Waals surface area contributed by atoms with Crippen LogP contribution in [-0.2, 0) is 4.79 Å². The molecule has 0 aliphatic carbocycles. The van der Waals surface area contributed by atoms with Crippen molar-refractivity contribution in [2.45, 2.75) is 0 Å². The van der Waals surface area contributed by atoms with Gasteiger partial charge in [-0.25, -0.2) is 4.79 Å². The van der Waals surface area contributed by atoms with Gasteiger partial charge in [-0.15, -0.1) is 0 Å². The molecule has 0 radical (unpaired) electrons. The number of hydrogen-bond acceptors (Lipinski definition) is 6. The first-order valence-corrected chi connectivity index (χ1v) is 7.74. The second-order valence-electron chi connectivity index (χ2n) is 5.28. The predicted molar refractivity (Wildman–Crippen MR) is 95.4 cm³/mol. The molecule has 0 bridgehead atoms. The van der Waals surface area contributed by atoms with Gasteiger partial charge in [-0.05, 0) is 29.8 Å². The monoisotopic (exact) mass is 355 g/mol. The van der Waals surface area contributed by atoms with Crippen LogP contribution >= 0.6 is 0 Å². The van der Waals surface area contributed by atoms with Gasteiger partial charge in [-0.3, -0.25) is 0 Å². The smallest absolute Gasteiger partial charge is 0.328 e. The highest BCUT2D eigenvalue weighted by atomic mass is 16.7. The Hall–Kier alpha value is -3.61. The number of nitrogen functional groups attached to an aromatic ring is 1. The topological polar surface area (TPSA) is 100 Å². The molecule has 0 amide bonds. The van der Waals surface area contributed by atoms with E-state index in [1.165, 1.54) is 6.08 Å².